The zero-order valence-corrected chi connectivity index (χ0v) is 22.0. The summed E-state index contributed by atoms with van der Waals surface area (Å²) >= 11 is 5.86. The molecular weight excluding hydrogens is 558 g/mol. The number of nitrogens with one attached hydrogen (secondary N) is 2. The van der Waals surface area contributed by atoms with Gasteiger partial charge in [0.15, 0.2) is 0 Å². The molecule has 14 heteroatoms. The Morgan fingerprint density at radius 2 is 1.61 bits per heavy atom. The van der Waals surface area contributed by atoms with Crippen LogP contribution in [0.4, 0.5) is 0 Å². The van der Waals surface area contributed by atoms with Crippen molar-refractivity contribution in [2.24, 2.45) is 0 Å². The molecule has 0 aromatic heterocycles. The van der Waals surface area contributed by atoms with Crippen molar-refractivity contribution in [2.75, 3.05) is 0 Å². The van der Waals surface area contributed by atoms with Crippen LogP contribution in [0, 0.1) is 0 Å². The maximum Gasteiger partial charge on any atom is 0.270 e. The third kappa shape index (κ3) is 5.81. The van der Waals surface area contributed by atoms with E-state index in [1.54, 1.807) is 24.3 Å². The lowest BCUT2D eigenvalue weighted by atomic mass is 10.1. The van der Waals surface area contributed by atoms with E-state index in [1.807, 2.05) is 0 Å². The monoisotopic (exact) mass is 579 g/mol. The van der Waals surface area contributed by atoms with Crippen molar-refractivity contribution in [3.8, 4) is 11.5 Å². The molecule has 1 aliphatic rings. The minimum Gasteiger partial charge on any atom is -0.457 e. The Hall–Kier alpha value is -3.49. The maximum atomic E-state index is 13.2. The van der Waals surface area contributed by atoms with Crippen molar-refractivity contribution in [3.05, 3.63) is 83.4 Å². The number of benzene rings is 3. The van der Waals surface area contributed by atoms with Crippen molar-refractivity contribution >= 4 is 43.5 Å². The Balaban J connectivity index is 1.58. The van der Waals surface area contributed by atoms with E-state index in [4.69, 9.17) is 21.5 Å². The van der Waals surface area contributed by atoms with Crippen molar-refractivity contribution in [1.82, 2.24) is 14.5 Å². The number of halogens is 1. The van der Waals surface area contributed by atoms with Crippen LogP contribution in [0.5, 0.6) is 11.5 Å². The number of carbonyl (C=O) groups is 2. The topological polar surface area (TPSA) is 159 Å². The van der Waals surface area contributed by atoms with Crippen LogP contribution in [0.2, 0.25) is 5.02 Å². The van der Waals surface area contributed by atoms with Gasteiger partial charge < -0.3 is 4.74 Å². The zero-order chi connectivity index (χ0) is 27.5. The van der Waals surface area contributed by atoms with Crippen molar-refractivity contribution < 1.29 is 36.4 Å². The molecule has 11 nitrogen and oxygen atoms in total. The molecule has 200 valence electrons. The van der Waals surface area contributed by atoms with Gasteiger partial charge in [0, 0.05) is 11.4 Å². The number of nitrogens with zero attached hydrogens (tertiary/aromatic N) is 1. The summed E-state index contributed by atoms with van der Waals surface area (Å²) in [5.41, 5.74) is 1.36. The Morgan fingerprint density at radius 1 is 1.00 bits per heavy atom. The Kier molecular flexibility index (Phi) is 8.04. The maximum absolute atomic E-state index is 13.2. The molecule has 1 unspecified atom stereocenters. The molecule has 1 heterocycles. The van der Waals surface area contributed by atoms with Crippen LogP contribution in [0.3, 0.4) is 0 Å². The summed E-state index contributed by atoms with van der Waals surface area (Å²) in [5.74, 6) is -0.827. The molecule has 1 aliphatic heterocycles. The first-order valence-electron chi connectivity index (χ1n) is 11.2. The molecule has 3 aromatic rings. The summed E-state index contributed by atoms with van der Waals surface area (Å²) in [6.45, 7) is 0. The number of fused-ring (bicyclic) bond motifs is 1. The van der Waals surface area contributed by atoms with E-state index >= 15 is 0 Å². The first-order chi connectivity index (χ1) is 18.0. The SMILES string of the molecule is O=C(CCCC(NS(=O)(=O)c1ccc(Oc2ccc(Cl)cc2)cc1)N1C(=O)c2ccccc2S1(=O)=O)NO. The molecular formula is C24H22ClN3O8S2. The molecule has 0 saturated heterocycles. The molecule has 2 amide bonds. The first kappa shape index (κ1) is 27.5. The quantitative estimate of drug-likeness (QED) is 0.244. The summed E-state index contributed by atoms with van der Waals surface area (Å²) in [6, 6.07) is 17.4. The van der Waals surface area contributed by atoms with E-state index in [2.05, 4.69) is 4.72 Å². The fourth-order valence-corrected chi connectivity index (χ4v) is 6.93. The Morgan fingerprint density at radius 3 is 2.21 bits per heavy atom. The van der Waals surface area contributed by atoms with Crippen molar-refractivity contribution in [3.63, 3.8) is 0 Å². The molecule has 38 heavy (non-hydrogen) atoms. The number of sulfonamides is 2. The van der Waals surface area contributed by atoms with Crippen LogP contribution in [-0.2, 0) is 24.8 Å². The third-order valence-electron chi connectivity index (χ3n) is 5.62. The molecule has 4 rings (SSSR count). The van der Waals surface area contributed by atoms with Crippen LogP contribution in [0.25, 0.3) is 0 Å². The molecule has 0 spiro atoms. The summed E-state index contributed by atoms with van der Waals surface area (Å²) in [4.78, 5) is 24.0. The minimum atomic E-state index is -4.37. The van der Waals surface area contributed by atoms with Crippen LogP contribution >= 0.6 is 11.6 Å². The van der Waals surface area contributed by atoms with Gasteiger partial charge in [0.2, 0.25) is 15.9 Å². The Labute approximate surface area is 224 Å². The number of rotatable bonds is 10. The molecule has 0 aliphatic carbocycles. The summed E-state index contributed by atoms with van der Waals surface area (Å²) in [6.07, 6.45) is -2.05. The molecule has 3 aromatic carbocycles. The van der Waals surface area contributed by atoms with E-state index in [-0.39, 0.29) is 34.6 Å². The minimum absolute atomic E-state index is 0.0386. The average Bonchev–Trinajstić information content (AvgIpc) is 3.10. The normalized spacial score (nSPS) is 15.1. The van der Waals surface area contributed by atoms with Gasteiger partial charge in [0.05, 0.1) is 10.5 Å². The number of amides is 2. The van der Waals surface area contributed by atoms with Crippen molar-refractivity contribution in [1.29, 1.82) is 0 Å². The number of ether oxygens (including phenoxy) is 1. The Bertz CT molecular complexity index is 1560. The predicted molar refractivity (Wildman–Crippen MR) is 136 cm³/mol. The fourth-order valence-electron chi connectivity index (χ4n) is 3.82. The van der Waals surface area contributed by atoms with Crippen molar-refractivity contribution in [2.45, 2.75) is 35.2 Å². The largest absolute Gasteiger partial charge is 0.457 e. The summed E-state index contributed by atoms with van der Waals surface area (Å²) in [5, 5.41) is 9.26. The van der Waals surface area contributed by atoms with Gasteiger partial charge in [-0.15, -0.1) is 0 Å². The lowest BCUT2D eigenvalue weighted by molar-refractivity contribution is -0.129. The lowest BCUT2D eigenvalue weighted by Crippen LogP contribution is -2.50. The van der Waals surface area contributed by atoms with Crippen LogP contribution < -0.4 is 14.9 Å². The van der Waals surface area contributed by atoms with Gasteiger partial charge in [-0.25, -0.2) is 26.6 Å². The fraction of sp³-hybridized carbons (Fsp3) is 0.167. The van der Waals surface area contributed by atoms with Crippen LogP contribution in [-0.4, -0.2) is 44.3 Å². The van der Waals surface area contributed by atoms with E-state index in [1.165, 1.54) is 54.0 Å². The second-order valence-electron chi connectivity index (χ2n) is 8.19. The van der Waals surface area contributed by atoms with Gasteiger partial charge in [-0.1, -0.05) is 23.7 Å². The molecule has 0 fully saturated rings. The van der Waals surface area contributed by atoms with Gasteiger partial charge in [0.1, 0.15) is 22.6 Å². The summed E-state index contributed by atoms with van der Waals surface area (Å²) < 4.78 is 61.2. The predicted octanol–water partition coefficient (Wildman–Crippen LogP) is 3.26. The highest BCUT2D eigenvalue weighted by Gasteiger charge is 2.46. The molecule has 3 N–H and O–H groups in total. The third-order valence-corrected chi connectivity index (χ3v) is 9.20. The lowest BCUT2D eigenvalue weighted by Gasteiger charge is -2.27. The van der Waals surface area contributed by atoms with E-state index in [9.17, 15) is 26.4 Å². The highest BCUT2D eigenvalue weighted by Crippen LogP contribution is 2.33. The van der Waals surface area contributed by atoms with Gasteiger partial charge >= 0.3 is 0 Å². The average molecular weight is 580 g/mol. The summed E-state index contributed by atoms with van der Waals surface area (Å²) in [7, 11) is -8.71. The molecule has 1 atom stereocenters. The first-order valence-corrected chi connectivity index (χ1v) is 14.5. The zero-order valence-electron chi connectivity index (χ0n) is 19.6. The second kappa shape index (κ2) is 11.1. The molecule has 0 bridgehead atoms. The second-order valence-corrected chi connectivity index (χ2v) is 12.1. The number of hydroxylamine groups is 1. The highest BCUT2D eigenvalue weighted by molar-refractivity contribution is 7.91. The van der Waals surface area contributed by atoms with Gasteiger partial charge in [-0.05, 0) is 73.5 Å². The molecule has 0 saturated carbocycles. The highest BCUT2D eigenvalue weighted by atomic mass is 35.5. The van der Waals surface area contributed by atoms with E-state index in [0.717, 1.165) is 0 Å². The van der Waals surface area contributed by atoms with E-state index < -0.39 is 38.0 Å². The van der Waals surface area contributed by atoms with E-state index in [0.29, 0.717) is 20.8 Å². The van der Waals surface area contributed by atoms with Gasteiger partial charge in [0.25, 0.3) is 15.9 Å². The smallest absolute Gasteiger partial charge is 0.270 e. The van der Waals surface area contributed by atoms with Gasteiger partial charge in [-0.3, -0.25) is 14.8 Å². The van der Waals surface area contributed by atoms with Gasteiger partial charge in [-0.2, -0.15) is 4.72 Å². The molecule has 0 radical (unpaired) electrons. The number of carbonyl (C=O) groups excluding carboxylic acids is 2. The standard InChI is InChI=1S/C24H22ClN3O8S2/c25-16-8-10-17(11-9-16)36-18-12-14-19(15-13-18)37(32,33)27-22(6-3-7-23(29)26-31)28-24(30)20-4-1-2-5-21(20)38(28,34)35/h1-2,4-5,8-15,22,27,31H,3,6-7H2,(H,26,29). The van der Waals surface area contributed by atoms with Crippen LogP contribution in [0.15, 0.2) is 82.6 Å². The van der Waals surface area contributed by atoms with Crippen LogP contribution in [0.1, 0.15) is 29.6 Å². The number of hydrogen-bond donors (Lipinski definition) is 3. The number of hydrogen-bond acceptors (Lipinski definition) is 8.